The molecule has 0 unspecified atom stereocenters. The summed E-state index contributed by atoms with van der Waals surface area (Å²) in [5.74, 6) is -0.573. The summed E-state index contributed by atoms with van der Waals surface area (Å²) in [5, 5.41) is 3.22. The standard InChI is InChI=1S/C19H15BrF2N4OS/c20-12-8-14(22)18(23-10-12)26-5-3-11(4-6-26)7-17(27)25-19-24-15-2-1-13(21)9-16(15)28-19/h1-3,8-10H,4-7H2,(H,24,25,27). The monoisotopic (exact) mass is 464 g/mol. The molecule has 0 fully saturated rings. The predicted molar refractivity (Wildman–Crippen MR) is 110 cm³/mol. The molecule has 144 valence electrons. The van der Waals surface area contributed by atoms with Crippen LogP contribution in [0.5, 0.6) is 0 Å². The number of hydrogen-bond acceptors (Lipinski definition) is 5. The fourth-order valence-electron chi connectivity index (χ4n) is 3.03. The van der Waals surface area contributed by atoms with Gasteiger partial charge < -0.3 is 10.2 Å². The number of amides is 1. The van der Waals surface area contributed by atoms with Crippen molar-refractivity contribution < 1.29 is 13.6 Å². The van der Waals surface area contributed by atoms with Gasteiger partial charge in [-0.15, -0.1) is 0 Å². The van der Waals surface area contributed by atoms with Crippen LogP contribution in [0, 0.1) is 11.6 Å². The van der Waals surface area contributed by atoms with Crippen LogP contribution >= 0.6 is 27.3 Å². The van der Waals surface area contributed by atoms with Gasteiger partial charge in [0.05, 0.1) is 10.2 Å². The Hall–Kier alpha value is -2.39. The predicted octanol–water partition coefficient (Wildman–Crippen LogP) is 4.90. The third-order valence-corrected chi connectivity index (χ3v) is 5.74. The molecule has 2 aromatic heterocycles. The first kappa shape index (κ1) is 18.9. The molecule has 1 aromatic carbocycles. The van der Waals surface area contributed by atoms with Gasteiger partial charge in [0.25, 0.3) is 0 Å². The number of anilines is 2. The molecule has 0 atom stereocenters. The van der Waals surface area contributed by atoms with Gasteiger partial charge in [0, 0.05) is 30.2 Å². The average Bonchev–Trinajstić information content (AvgIpc) is 3.03. The van der Waals surface area contributed by atoms with E-state index in [4.69, 9.17) is 0 Å². The van der Waals surface area contributed by atoms with Crippen molar-refractivity contribution in [2.24, 2.45) is 0 Å². The Morgan fingerprint density at radius 1 is 1.32 bits per heavy atom. The van der Waals surface area contributed by atoms with Crippen molar-refractivity contribution in [2.75, 3.05) is 23.3 Å². The molecular weight excluding hydrogens is 450 g/mol. The maximum absolute atomic E-state index is 14.0. The Balaban J connectivity index is 1.37. The Bertz CT molecular complexity index is 1080. The molecular formula is C19H15BrF2N4OS. The second-order valence-corrected chi connectivity index (χ2v) is 8.32. The molecule has 1 aliphatic rings. The molecule has 1 N–H and O–H groups in total. The largest absolute Gasteiger partial charge is 0.350 e. The highest BCUT2D eigenvalue weighted by atomic mass is 79.9. The summed E-state index contributed by atoms with van der Waals surface area (Å²) in [7, 11) is 0. The van der Waals surface area contributed by atoms with Crippen molar-refractivity contribution in [2.45, 2.75) is 12.8 Å². The van der Waals surface area contributed by atoms with E-state index in [1.165, 1.54) is 29.5 Å². The SMILES string of the molecule is O=C(CC1=CCN(c2ncc(Br)cc2F)CC1)Nc1nc2ccc(F)cc2s1. The molecule has 3 heterocycles. The lowest BCUT2D eigenvalue weighted by Gasteiger charge is -2.27. The van der Waals surface area contributed by atoms with Crippen LogP contribution in [0.25, 0.3) is 10.2 Å². The maximum atomic E-state index is 14.0. The molecule has 4 rings (SSSR count). The van der Waals surface area contributed by atoms with Gasteiger partial charge in [-0.3, -0.25) is 4.79 Å². The van der Waals surface area contributed by atoms with Crippen LogP contribution in [0.1, 0.15) is 12.8 Å². The van der Waals surface area contributed by atoms with E-state index in [0.29, 0.717) is 45.1 Å². The number of pyridine rings is 1. The molecule has 5 nitrogen and oxygen atoms in total. The maximum Gasteiger partial charge on any atom is 0.230 e. The lowest BCUT2D eigenvalue weighted by molar-refractivity contribution is -0.115. The quantitative estimate of drug-likeness (QED) is 0.558. The lowest BCUT2D eigenvalue weighted by atomic mass is 10.0. The zero-order valence-electron chi connectivity index (χ0n) is 14.6. The normalized spacial score (nSPS) is 14.2. The summed E-state index contributed by atoms with van der Waals surface area (Å²) < 4.78 is 28.6. The molecule has 0 bridgehead atoms. The number of fused-ring (bicyclic) bond motifs is 1. The summed E-state index contributed by atoms with van der Waals surface area (Å²) in [6.07, 6.45) is 4.39. The van der Waals surface area contributed by atoms with Crippen LogP contribution in [0.2, 0.25) is 0 Å². The van der Waals surface area contributed by atoms with Crippen molar-refractivity contribution in [1.29, 1.82) is 0 Å². The molecule has 1 amide bonds. The number of carbonyl (C=O) groups is 1. The van der Waals surface area contributed by atoms with Gasteiger partial charge in [-0.1, -0.05) is 23.0 Å². The molecule has 0 radical (unpaired) electrons. The van der Waals surface area contributed by atoms with Crippen molar-refractivity contribution in [1.82, 2.24) is 9.97 Å². The second-order valence-electron chi connectivity index (χ2n) is 6.37. The number of hydrogen-bond donors (Lipinski definition) is 1. The van der Waals surface area contributed by atoms with Gasteiger partial charge in [-0.25, -0.2) is 18.7 Å². The van der Waals surface area contributed by atoms with E-state index >= 15 is 0 Å². The van der Waals surface area contributed by atoms with Crippen LogP contribution in [-0.2, 0) is 4.79 Å². The van der Waals surface area contributed by atoms with Crippen LogP contribution in [-0.4, -0.2) is 29.0 Å². The summed E-state index contributed by atoms with van der Waals surface area (Å²) >= 11 is 4.44. The number of carbonyl (C=O) groups excluding carboxylic acids is 1. The number of thiazole rings is 1. The first-order valence-electron chi connectivity index (χ1n) is 8.58. The first-order chi connectivity index (χ1) is 13.5. The van der Waals surface area contributed by atoms with E-state index in [9.17, 15) is 13.6 Å². The minimum atomic E-state index is -0.378. The van der Waals surface area contributed by atoms with E-state index in [0.717, 1.165) is 5.57 Å². The molecule has 0 spiro atoms. The van der Waals surface area contributed by atoms with E-state index in [2.05, 4.69) is 31.2 Å². The molecule has 3 aromatic rings. The molecule has 0 aliphatic carbocycles. The van der Waals surface area contributed by atoms with Gasteiger partial charge in [-0.05, 0) is 46.6 Å². The highest BCUT2D eigenvalue weighted by Gasteiger charge is 2.19. The van der Waals surface area contributed by atoms with E-state index in [-0.39, 0.29) is 24.0 Å². The lowest BCUT2D eigenvalue weighted by Crippen LogP contribution is -2.30. The van der Waals surface area contributed by atoms with Crippen LogP contribution in [0.15, 0.2) is 46.6 Å². The summed E-state index contributed by atoms with van der Waals surface area (Å²) in [6.45, 7) is 1.08. The van der Waals surface area contributed by atoms with E-state index < -0.39 is 0 Å². The van der Waals surface area contributed by atoms with E-state index in [1.807, 2.05) is 11.0 Å². The number of rotatable bonds is 4. The van der Waals surface area contributed by atoms with Crippen LogP contribution in [0.4, 0.5) is 19.7 Å². The van der Waals surface area contributed by atoms with Gasteiger partial charge >= 0.3 is 0 Å². The van der Waals surface area contributed by atoms with Crippen molar-refractivity contribution in [3.63, 3.8) is 0 Å². The second kappa shape index (κ2) is 7.92. The Labute approximate surface area is 172 Å². The van der Waals surface area contributed by atoms with Gasteiger partial charge in [0.1, 0.15) is 5.82 Å². The summed E-state index contributed by atoms with van der Waals surface area (Å²) in [6, 6.07) is 5.72. The van der Waals surface area contributed by atoms with Crippen molar-refractivity contribution >= 4 is 54.3 Å². The Morgan fingerprint density at radius 2 is 2.18 bits per heavy atom. The first-order valence-corrected chi connectivity index (χ1v) is 10.2. The van der Waals surface area contributed by atoms with Crippen molar-refractivity contribution in [3.05, 3.63) is 58.2 Å². The van der Waals surface area contributed by atoms with Crippen LogP contribution < -0.4 is 10.2 Å². The zero-order valence-corrected chi connectivity index (χ0v) is 17.0. The third-order valence-electron chi connectivity index (χ3n) is 4.38. The minimum Gasteiger partial charge on any atom is -0.350 e. The molecule has 0 saturated heterocycles. The van der Waals surface area contributed by atoms with Crippen molar-refractivity contribution in [3.8, 4) is 0 Å². The summed E-state index contributed by atoms with van der Waals surface area (Å²) in [5.41, 5.74) is 1.64. The average molecular weight is 465 g/mol. The fourth-order valence-corrected chi connectivity index (χ4v) is 4.24. The van der Waals surface area contributed by atoms with Gasteiger partial charge in [0.15, 0.2) is 16.8 Å². The minimum absolute atomic E-state index is 0.174. The highest BCUT2D eigenvalue weighted by Crippen LogP contribution is 2.27. The number of benzene rings is 1. The molecule has 9 heteroatoms. The van der Waals surface area contributed by atoms with E-state index in [1.54, 1.807) is 12.3 Å². The number of nitrogens with one attached hydrogen (secondary N) is 1. The highest BCUT2D eigenvalue weighted by molar-refractivity contribution is 9.10. The Morgan fingerprint density at radius 3 is 2.93 bits per heavy atom. The zero-order chi connectivity index (χ0) is 19.7. The van der Waals surface area contributed by atoms with Crippen LogP contribution in [0.3, 0.4) is 0 Å². The number of halogens is 3. The number of aromatic nitrogens is 2. The molecule has 28 heavy (non-hydrogen) atoms. The topological polar surface area (TPSA) is 58.1 Å². The summed E-state index contributed by atoms with van der Waals surface area (Å²) in [4.78, 5) is 22.6. The fraction of sp³-hybridized carbons (Fsp3) is 0.211. The molecule has 1 aliphatic heterocycles. The smallest absolute Gasteiger partial charge is 0.230 e. The third kappa shape index (κ3) is 4.20. The Kier molecular flexibility index (Phi) is 5.36. The van der Waals surface area contributed by atoms with Gasteiger partial charge in [-0.2, -0.15) is 0 Å². The van der Waals surface area contributed by atoms with Gasteiger partial charge in [0.2, 0.25) is 5.91 Å². The molecule has 0 saturated carbocycles. The number of nitrogens with zero attached hydrogens (tertiary/aromatic N) is 3.